The molecule has 1 aliphatic heterocycles. The molecule has 0 spiro atoms. The van der Waals surface area contributed by atoms with Crippen LogP contribution in [0.3, 0.4) is 0 Å². The minimum Gasteiger partial charge on any atom is -0.462 e. The number of ether oxygens (including phenoxy) is 2. The predicted molar refractivity (Wildman–Crippen MR) is 79.7 cm³/mol. The van der Waals surface area contributed by atoms with Gasteiger partial charge in [-0.2, -0.15) is 5.26 Å². The first-order chi connectivity index (χ1) is 10.2. The summed E-state index contributed by atoms with van der Waals surface area (Å²) >= 11 is 0. The number of esters is 1. The molecule has 110 valence electrons. The quantitative estimate of drug-likeness (QED) is 0.481. The third kappa shape index (κ3) is 4.07. The molecular formula is C16H18N2O3. The zero-order valence-electron chi connectivity index (χ0n) is 12.0. The van der Waals surface area contributed by atoms with Crippen molar-refractivity contribution in [3.05, 3.63) is 35.4 Å². The summed E-state index contributed by atoms with van der Waals surface area (Å²) in [5.41, 5.74) is 1.93. The van der Waals surface area contributed by atoms with E-state index in [1.54, 1.807) is 13.0 Å². The Morgan fingerprint density at radius 1 is 1.38 bits per heavy atom. The van der Waals surface area contributed by atoms with Gasteiger partial charge in [0, 0.05) is 18.8 Å². The Kier molecular flexibility index (Phi) is 5.35. The van der Waals surface area contributed by atoms with Crippen LogP contribution < -0.4 is 4.90 Å². The van der Waals surface area contributed by atoms with Gasteiger partial charge in [0.1, 0.15) is 11.6 Å². The fraction of sp³-hybridized carbons (Fsp3) is 0.375. The molecular weight excluding hydrogens is 268 g/mol. The maximum absolute atomic E-state index is 11.6. The third-order valence-electron chi connectivity index (χ3n) is 3.20. The van der Waals surface area contributed by atoms with Crippen LogP contribution in [0.15, 0.2) is 29.8 Å². The summed E-state index contributed by atoms with van der Waals surface area (Å²) in [6, 6.07) is 9.62. The molecule has 0 amide bonds. The van der Waals surface area contributed by atoms with E-state index in [0.717, 1.165) is 37.6 Å². The second-order valence-corrected chi connectivity index (χ2v) is 4.58. The molecule has 0 saturated carbocycles. The van der Waals surface area contributed by atoms with Gasteiger partial charge < -0.3 is 14.4 Å². The van der Waals surface area contributed by atoms with E-state index in [1.807, 2.05) is 30.3 Å². The standard InChI is InChI=1S/C16H18N2O3/c1-2-21-16(19)14(12-17)11-13-3-5-15(6-4-13)18-7-9-20-10-8-18/h3-6,11H,2,7-10H2,1H3. The maximum atomic E-state index is 11.6. The van der Waals surface area contributed by atoms with Crippen molar-refractivity contribution in [3.8, 4) is 6.07 Å². The number of nitrogens with zero attached hydrogens (tertiary/aromatic N) is 2. The predicted octanol–water partition coefficient (Wildman–Crippen LogP) is 1.99. The number of rotatable bonds is 4. The van der Waals surface area contributed by atoms with Gasteiger partial charge in [-0.3, -0.25) is 0 Å². The summed E-state index contributed by atoms with van der Waals surface area (Å²) in [5.74, 6) is -0.586. The molecule has 0 N–H and O–H groups in total. The van der Waals surface area contributed by atoms with Crippen molar-refractivity contribution in [3.63, 3.8) is 0 Å². The van der Waals surface area contributed by atoms with E-state index in [1.165, 1.54) is 0 Å². The van der Waals surface area contributed by atoms with Crippen LogP contribution in [-0.2, 0) is 14.3 Å². The van der Waals surface area contributed by atoms with Crippen LogP contribution in [0.25, 0.3) is 6.08 Å². The van der Waals surface area contributed by atoms with Gasteiger partial charge >= 0.3 is 5.97 Å². The van der Waals surface area contributed by atoms with Gasteiger partial charge in [-0.1, -0.05) is 12.1 Å². The monoisotopic (exact) mass is 286 g/mol. The molecule has 0 atom stereocenters. The maximum Gasteiger partial charge on any atom is 0.348 e. The Hall–Kier alpha value is -2.32. The van der Waals surface area contributed by atoms with E-state index >= 15 is 0 Å². The van der Waals surface area contributed by atoms with Gasteiger partial charge in [-0.15, -0.1) is 0 Å². The minimum atomic E-state index is -0.586. The molecule has 1 saturated heterocycles. The van der Waals surface area contributed by atoms with E-state index in [4.69, 9.17) is 14.7 Å². The summed E-state index contributed by atoms with van der Waals surface area (Å²) in [7, 11) is 0. The van der Waals surface area contributed by atoms with E-state index < -0.39 is 5.97 Å². The van der Waals surface area contributed by atoms with E-state index in [2.05, 4.69) is 4.90 Å². The first-order valence-electron chi connectivity index (χ1n) is 6.96. The Balaban J connectivity index is 2.10. The van der Waals surface area contributed by atoms with E-state index in [9.17, 15) is 4.79 Å². The molecule has 1 aliphatic rings. The Bertz CT molecular complexity index is 552. The molecule has 0 aromatic heterocycles. The van der Waals surface area contributed by atoms with Gasteiger partial charge in [-0.05, 0) is 30.7 Å². The summed E-state index contributed by atoms with van der Waals surface area (Å²) in [5, 5.41) is 9.00. The fourth-order valence-corrected chi connectivity index (χ4v) is 2.12. The number of nitriles is 1. The van der Waals surface area contributed by atoms with Crippen LogP contribution in [0, 0.1) is 11.3 Å². The largest absolute Gasteiger partial charge is 0.462 e. The number of morpholine rings is 1. The Morgan fingerprint density at radius 2 is 2.05 bits per heavy atom. The van der Waals surface area contributed by atoms with Gasteiger partial charge in [0.25, 0.3) is 0 Å². The van der Waals surface area contributed by atoms with Crippen molar-refractivity contribution >= 4 is 17.7 Å². The van der Waals surface area contributed by atoms with Crippen molar-refractivity contribution in [1.82, 2.24) is 0 Å². The van der Waals surface area contributed by atoms with Crippen LogP contribution >= 0.6 is 0 Å². The Labute approximate surface area is 124 Å². The molecule has 0 unspecified atom stereocenters. The summed E-state index contributed by atoms with van der Waals surface area (Å²) in [6.07, 6.45) is 1.54. The molecule has 5 heteroatoms. The second-order valence-electron chi connectivity index (χ2n) is 4.58. The molecule has 21 heavy (non-hydrogen) atoms. The lowest BCUT2D eigenvalue weighted by molar-refractivity contribution is -0.137. The lowest BCUT2D eigenvalue weighted by Crippen LogP contribution is -2.36. The summed E-state index contributed by atoms with van der Waals surface area (Å²) in [6.45, 7) is 5.20. The van der Waals surface area contributed by atoms with E-state index in [-0.39, 0.29) is 12.2 Å². The van der Waals surface area contributed by atoms with Crippen molar-refractivity contribution in [2.24, 2.45) is 0 Å². The highest BCUT2D eigenvalue weighted by Gasteiger charge is 2.12. The number of hydrogen-bond donors (Lipinski definition) is 0. The Morgan fingerprint density at radius 3 is 2.62 bits per heavy atom. The highest BCUT2D eigenvalue weighted by Crippen LogP contribution is 2.18. The molecule has 1 aromatic rings. The van der Waals surface area contributed by atoms with Crippen molar-refractivity contribution in [2.45, 2.75) is 6.92 Å². The average molecular weight is 286 g/mol. The topological polar surface area (TPSA) is 62.6 Å². The minimum absolute atomic E-state index is 0.0102. The SMILES string of the molecule is CCOC(=O)C(C#N)=Cc1ccc(N2CCOCC2)cc1. The lowest BCUT2D eigenvalue weighted by atomic mass is 10.1. The number of carbonyl (C=O) groups is 1. The molecule has 1 fully saturated rings. The fourth-order valence-electron chi connectivity index (χ4n) is 2.12. The smallest absolute Gasteiger partial charge is 0.348 e. The third-order valence-corrected chi connectivity index (χ3v) is 3.20. The van der Waals surface area contributed by atoms with Crippen molar-refractivity contribution < 1.29 is 14.3 Å². The molecule has 2 rings (SSSR count). The van der Waals surface area contributed by atoms with Crippen LogP contribution in [0.5, 0.6) is 0 Å². The number of carbonyl (C=O) groups excluding carboxylic acids is 1. The van der Waals surface area contributed by atoms with Gasteiger partial charge in [0.05, 0.1) is 19.8 Å². The van der Waals surface area contributed by atoms with Crippen LogP contribution in [0.1, 0.15) is 12.5 Å². The normalized spacial score (nSPS) is 15.4. The highest BCUT2D eigenvalue weighted by molar-refractivity contribution is 5.97. The summed E-state index contributed by atoms with van der Waals surface area (Å²) in [4.78, 5) is 13.8. The van der Waals surface area contributed by atoms with Crippen molar-refractivity contribution in [2.75, 3.05) is 37.8 Å². The zero-order chi connectivity index (χ0) is 15.1. The second kappa shape index (κ2) is 7.46. The first kappa shape index (κ1) is 15.1. The molecule has 1 aromatic carbocycles. The molecule has 0 radical (unpaired) electrons. The number of hydrogen-bond acceptors (Lipinski definition) is 5. The molecule has 0 bridgehead atoms. The molecule has 5 nitrogen and oxygen atoms in total. The zero-order valence-corrected chi connectivity index (χ0v) is 12.0. The number of anilines is 1. The molecule has 1 heterocycles. The lowest BCUT2D eigenvalue weighted by Gasteiger charge is -2.28. The first-order valence-corrected chi connectivity index (χ1v) is 6.96. The van der Waals surface area contributed by atoms with Crippen LogP contribution in [-0.4, -0.2) is 38.9 Å². The van der Waals surface area contributed by atoms with Crippen LogP contribution in [0.2, 0.25) is 0 Å². The summed E-state index contributed by atoms with van der Waals surface area (Å²) < 4.78 is 10.2. The van der Waals surface area contributed by atoms with Gasteiger partial charge in [0.15, 0.2) is 0 Å². The highest BCUT2D eigenvalue weighted by atomic mass is 16.5. The van der Waals surface area contributed by atoms with Gasteiger partial charge in [0.2, 0.25) is 0 Å². The van der Waals surface area contributed by atoms with Crippen molar-refractivity contribution in [1.29, 1.82) is 5.26 Å². The van der Waals surface area contributed by atoms with Gasteiger partial charge in [-0.25, -0.2) is 4.79 Å². The van der Waals surface area contributed by atoms with E-state index in [0.29, 0.717) is 0 Å². The number of benzene rings is 1. The van der Waals surface area contributed by atoms with Crippen LogP contribution in [0.4, 0.5) is 5.69 Å². The molecule has 0 aliphatic carbocycles. The average Bonchev–Trinajstić information content (AvgIpc) is 2.54.